The quantitative estimate of drug-likeness (QED) is 0.413. The Hall–Kier alpha value is -3.64. The molecule has 0 saturated heterocycles. The average molecular weight is 367 g/mol. The standard InChI is InChI=1S/C17H10FN5O2S/c18-13-3-1-2-4-14(13)21-22-15(9-19)17-20-16(10-26-17)11-5-7-12(8-6-11)23(24)25/h1-8,10,21H. The number of nitrogens with one attached hydrogen (secondary N) is 1. The van der Waals surface area contributed by atoms with Crippen molar-refractivity contribution in [2.24, 2.45) is 5.10 Å². The summed E-state index contributed by atoms with van der Waals surface area (Å²) in [4.78, 5) is 14.5. The Labute approximate surface area is 151 Å². The zero-order valence-electron chi connectivity index (χ0n) is 13.1. The molecule has 0 bridgehead atoms. The average Bonchev–Trinajstić information content (AvgIpc) is 3.14. The Morgan fingerprint density at radius 2 is 2.00 bits per heavy atom. The number of nitro benzene ring substituents is 1. The van der Waals surface area contributed by atoms with Crippen LogP contribution in [-0.2, 0) is 0 Å². The Morgan fingerprint density at radius 1 is 1.27 bits per heavy atom. The Balaban J connectivity index is 1.83. The van der Waals surface area contributed by atoms with Crippen molar-refractivity contribution in [2.75, 3.05) is 5.43 Å². The molecule has 7 nitrogen and oxygen atoms in total. The van der Waals surface area contributed by atoms with E-state index in [4.69, 9.17) is 0 Å². The summed E-state index contributed by atoms with van der Waals surface area (Å²) in [5.74, 6) is -0.487. The molecule has 0 saturated carbocycles. The van der Waals surface area contributed by atoms with Gasteiger partial charge in [-0.25, -0.2) is 9.37 Å². The lowest BCUT2D eigenvalue weighted by Crippen LogP contribution is -2.02. The van der Waals surface area contributed by atoms with Gasteiger partial charge in [-0.2, -0.15) is 10.4 Å². The van der Waals surface area contributed by atoms with E-state index in [2.05, 4.69) is 15.5 Å². The van der Waals surface area contributed by atoms with Gasteiger partial charge in [-0.1, -0.05) is 12.1 Å². The van der Waals surface area contributed by atoms with Gasteiger partial charge in [0.2, 0.25) is 0 Å². The molecule has 1 N–H and O–H groups in total. The number of rotatable bonds is 5. The van der Waals surface area contributed by atoms with E-state index >= 15 is 0 Å². The van der Waals surface area contributed by atoms with Crippen LogP contribution in [0.1, 0.15) is 5.01 Å². The molecule has 2 aromatic carbocycles. The number of benzene rings is 2. The van der Waals surface area contributed by atoms with Crippen molar-refractivity contribution in [1.29, 1.82) is 5.26 Å². The van der Waals surface area contributed by atoms with E-state index in [1.54, 1.807) is 29.6 Å². The van der Waals surface area contributed by atoms with Crippen LogP contribution in [0.5, 0.6) is 0 Å². The van der Waals surface area contributed by atoms with Crippen LogP contribution < -0.4 is 5.43 Å². The van der Waals surface area contributed by atoms with E-state index in [-0.39, 0.29) is 17.1 Å². The summed E-state index contributed by atoms with van der Waals surface area (Å²) in [5.41, 5.74) is 3.89. The second-order valence-corrected chi connectivity index (χ2v) is 5.86. The van der Waals surface area contributed by atoms with E-state index < -0.39 is 10.7 Å². The SMILES string of the molecule is N#CC(=NNc1ccccc1F)c1nc(-c2ccc([N+](=O)[O-])cc2)cs1. The zero-order valence-corrected chi connectivity index (χ0v) is 13.9. The summed E-state index contributed by atoms with van der Waals surface area (Å²) in [6.45, 7) is 0. The van der Waals surface area contributed by atoms with E-state index in [1.807, 2.05) is 6.07 Å². The highest BCUT2D eigenvalue weighted by Crippen LogP contribution is 2.24. The van der Waals surface area contributed by atoms with Crippen LogP contribution in [0.25, 0.3) is 11.3 Å². The van der Waals surface area contributed by atoms with Crippen LogP contribution in [0.4, 0.5) is 15.8 Å². The van der Waals surface area contributed by atoms with Crippen molar-refractivity contribution in [1.82, 2.24) is 4.98 Å². The summed E-state index contributed by atoms with van der Waals surface area (Å²) in [6.07, 6.45) is 0. The number of hydrogen-bond donors (Lipinski definition) is 1. The molecule has 0 unspecified atom stereocenters. The number of anilines is 1. The molecule has 0 aliphatic carbocycles. The first kappa shape index (κ1) is 17.2. The maximum absolute atomic E-state index is 13.6. The molecule has 3 aromatic rings. The molecule has 26 heavy (non-hydrogen) atoms. The van der Waals surface area contributed by atoms with Crippen LogP contribution in [0.3, 0.4) is 0 Å². The number of para-hydroxylation sites is 1. The highest BCUT2D eigenvalue weighted by molar-refractivity contribution is 7.12. The van der Waals surface area contributed by atoms with Gasteiger partial charge in [0.05, 0.1) is 16.3 Å². The summed E-state index contributed by atoms with van der Waals surface area (Å²) in [6, 6.07) is 13.8. The third-order valence-electron chi connectivity index (χ3n) is 3.35. The predicted molar refractivity (Wildman–Crippen MR) is 96.4 cm³/mol. The van der Waals surface area contributed by atoms with Gasteiger partial charge in [-0.3, -0.25) is 15.5 Å². The second kappa shape index (κ2) is 7.50. The molecule has 0 spiro atoms. The lowest BCUT2D eigenvalue weighted by atomic mass is 10.1. The highest BCUT2D eigenvalue weighted by atomic mass is 32.1. The Kier molecular flexibility index (Phi) is 4.96. The van der Waals surface area contributed by atoms with Crippen LogP contribution in [-0.4, -0.2) is 15.6 Å². The molecule has 128 valence electrons. The van der Waals surface area contributed by atoms with Gasteiger partial charge in [-0.05, 0) is 24.3 Å². The first-order valence-corrected chi connectivity index (χ1v) is 8.15. The number of thiazole rings is 1. The van der Waals surface area contributed by atoms with Gasteiger partial charge in [0, 0.05) is 23.1 Å². The van der Waals surface area contributed by atoms with Gasteiger partial charge in [0.1, 0.15) is 11.9 Å². The summed E-state index contributed by atoms with van der Waals surface area (Å²) in [7, 11) is 0. The van der Waals surface area contributed by atoms with E-state index in [1.165, 1.54) is 35.6 Å². The minimum atomic E-state index is -0.487. The van der Waals surface area contributed by atoms with Crippen molar-refractivity contribution in [3.05, 3.63) is 74.9 Å². The Bertz CT molecular complexity index is 1020. The smallest absolute Gasteiger partial charge is 0.269 e. The summed E-state index contributed by atoms with van der Waals surface area (Å²) >= 11 is 1.19. The molecule has 9 heteroatoms. The van der Waals surface area contributed by atoms with Crippen molar-refractivity contribution < 1.29 is 9.31 Å². The monoisotopic (exact) mass is 367 g/mol. The van der Waals surface area contributed by atoms with Crippen molar-refractivity contribution in [3.8, 4) is 17.3 Å². The topological polar surface area (TPSA) is 104 Å². The number of halogens is 1. The molecule has 0 fully saturated rings. The summed E-state index contributed by atoms with van der Waals surface area (Å²) < 4.78 is 13.6. The number of non-ortho nitro benzene ring substituents is 1. The van der Waals surface area contributed by atoms with Gasteiger partial charge >= 0.3 is 0 Å². The minimum Gasteiger partial charge on any atom is -0.274 e. The van der Waals surface area contributed by atoms with Crippen LogP contribution in [0, 0.1) is 27.3 Å². The van der Waals surface area contributed by atoms with Crippen LogP contribution >= 0.6 is 11.3 Å². The number of hydrogen-bond acceptors (Lipinski definition) is 7. The van der Waals surface area contributed by atoms with E-state index in [9.17, 15) is 19.8 Å². The normalized spacial score (nSPS) is 11.0. The van der Waals surface area contributed by atoms with Crippen molar-refractivity contribution in [3.63, 3.8) is 0 Å². The lowest BCUT2D eigenvalue weighted by Gasteiger charge is -2.01. The van der Waals surface area contributed by atoms with Crippen molar-refractivity contribution >= 4 is 28.4 Å². The van der Waals surface area contributed by atoms with Gasteiger partial charge < -0.3 is 0 Å². The number of hydrazone groups is 1. The molecule has 0 aliphatic rings. The number of nitriles is 1. The van der Waals surface area contributed by atoms with Gasteiger partial charge in [0.25, 0.3) is 5.69 Å². The Morgan fingerprint density at radius 3 is 2.65 bits per heavy atom. The molecule has 0 atom stereocenters. The maximum atomic E-state index is 13.6. The van der Waals surface area contributed by atoms with Crippen LogP contribution in [0.2, 0.25) is 0 Å². The second-order valence-electron chi connectivity index (χ2n) is 5.01. The van der Waals surface area contributed by atoms with Crippen molar-refractivity contribution in [2.45, 2.75) is 0 Å². The fraction of sp³-hybridized carbons (Fsp3) is 0. The minimum absolute atomic E-state index is 0.00594. The van der Waals surface area contributed by atoms with Gasteiger partial charge in [-0.15, -0.1) is 11.3 Å². The highest BCUT2D eigenvalue weighted by Gasteiger charge is 2.12. The number of nitrogens with zero attached hydrogens (tertiary/aromatic N) is 4. The fourth-order valence-corrected chi connectivity index (χ4v) is 2.82. The molecular formula is C17H10FN5O2S. The molecule has 1 aromatic heterocycles. The molecule has 0 aliphatic heterocycles. The fourth-order valence-electron chi connectivity index (χ4n) is 2.06. The molecule has 1 heterocycles. The molecule has 0 amide bonds. The number of nitro groups is 1. The van der Waals surface area contributed by atoms with Crippen LogP contribution in [0.15, 0.2) is 59.0 Å². The zero-order chi connectivity index (χ0) is 18.5. The largest absolute Gasteiger partial charge is 0.274 e. The molecular weight excluding hydrogens is 357 g/mol. The number of aromatic nitrogens is 1. The van der Waals surface area contributed by atoms with E-state index in [0.29, 0.717) is 16.3 Å². The lowest BCUT2D eigenvalue weighted by molar-refractivity contribution is -0.384. The first-order valence-electron chi connectivity index (χ1n) is 7.27. The summed E-state index contributed by atoms with van der Waals surface area (Å²) in [5, 5.41) is 26.0. The predicted octanol–water partition coefficient (Wildman–Crippen LogP) is 4.20. The third kappa shape index (κ3) is 3.71. The van der Waals surface area contributed by atoms with Gasteiger partial charge in [0.15, 0.2) is 10.7 Å². The van der Waals surface area contributed by atoms with E-state index in [0.717, 1.165) is 0 Å². The molecule has 3 rings (SSSR count). The first-order chi connectivity index (χ1) is 12.6. The maximum Gasteiger partial charge on any atom is 0.269 e. The molecule has 0 radical (unpaired) electrons. The third-order valence-corrected chi connectivity index (χ3v) is 4.20.